The molecule has 4 heterocycles. The summed E-state index contributed by atoms with van der Waals surface area (Å²) in [5.41, 5.74) is 0.882. The molecule has 0 aromatic carbocycles. The van der Waals surface area contributed by atoms with Crippen molar-refractivity contribution in [1.82, 2.24) is 4.90 Å². The molecule has 1 atom stereocenters. The van der Waals surface area contributed by atoms with Crippen LogP contribution < -0.4 is 5.32 Å². The zero-order valence-corrected chi connectivity index (χ0v) is 16.3. The quantitative estimate of drug-likeness (QED) is 0.792. The standard InChI is InChI=1S/C20H19N3O4S/c1-20(2)9-12-8-14-15(10-21)18(28-16(14)11-23(12)19(25)27-20)22-17(24)6-5-13-4-3-7-26-13/h3-7,12H,8-9,11H2,1-2H3,(H,22,24)/b6-5+. The monoisotopic (exact) mass is 397 g/mol. The van der Waals surface area contributed by atoms with Gasteiger partial charge in [-0.05, 0) is 44.0 Å². The largest absolute Gasteiger partial charge is 0.465 e. The minimum absolute atomic E-state index is 0.00662. The normalized spacial score (nSPS) is 20.2. The van der Waals surface area contributed by atoms with Gasteiger partial charge in [-0.3, -0.25) is 9.69 Å². The fourth-order valence-electron chi connectivity index (χ4n) is 3.69. The van der Waals surface area contributed by atoms with E-state index in [1.165, 1.54) is 23.7 Å². The summed E-state index contributed by atoms with van der Waals surface area (Å²) >= 11 is 1.33. The van der Waals surface area contributed by atoms with Gasteiger partial charge in [0.15, 0.2) is 0 Å². The summed E-state index contributed by atoms with van der Waals surface area (Å²) in [4.78, 5) is 27.2. The Labute approximate surface area is 166 Å². The Balaban J connectivity index is 1.57. The first-order valence-corrected chi connectivity index (χ1v) is 9.75. The average Bonchev–Trinajstić information content (AvgIpc) is 3.24. The third kappa shape index (κ3) is 3.41. The molecule has 2 aliphatic rings. The molecule has 2 aromatic rings. The van der Waals surface area contributed by atoms with Crippen LogP contribution >= 0.6 is 11.3 Å². The van der Waals surface area contributed by atoms with E-state index in [0.717, 1.165) is 10.4 Å². The Hall–Kier alpha value is -3.05. The van der Waals surface area contributed by atoms with E-state index >= 15 is 0 Å². The van der Waals surface area contributed by atoms with E-state index in [0.29, 0.717) is 35.7 Å². The molecule has 1 fully saturated rings. The van der Waals surface area contributed by atoms with Gasteiger partial charge in [0, 0.05) is 23.4 Å². The highest BCUT2D eigenvalue weighted by Crippen LogP contribution is 2.42. The molecule has 8 heteroatoms. The molecule has 2 aromatic heterocycles. The molecule has 0 bridgehead atoms. The highest BCUT2D eigenvalue weighted by molar-refractivity contribution is 7.16. The molecule has 0 saturated carbocycles. The molecule has 1 N–H and O–H groups in total. The maximum atomic E-state index is 12.3. The third-order valence-electron chi connectivity index (χ3n) is 4.90. The van der Waals surface area contributed by atoms with Crippen LogP contribution in [-0.4, -0.2) is 28.5 Å². The van der Waals surface area contributed by atoms with Gasteiger partial charge >= 0.3 is 6.09 Å². The first kappa shape index (κ1) is 18.3. The SMILES string of the molecule is CC1(C)CC2Cc3c(sc(NC(=O)/C=C/c4ccco4)c3C#N)CN2C(=O)O1. The van der Waals surface area contributed by atoms with Crippen molar-refractivity contribution in [2.45, 2.75) is 44.9 Å². The van der Waals surface area contributed by atoms with Gasteiger partial charge in [-0.2, -0.15) is 5.26 Å². The minimum Gasteiger partial charge on any atom is -0.465 e. The van der Waals surface area contributed by atoms with Crippen molar-refractivity contribution in [2.24, 2.45) is 0 Å². The molecular weight excluding hydrogens is 378 g/mol. The maximum absolute atomic E-state index is 12.3. The highest BCUT2D eigenvalue weighted by atomic mass is 32.1. The van der Waals surface area contributed by atoms with Crippen LogP contribution in [0.2, 0.25) is 0 Å². The van der Waals surface area contributed by atoms with Gasteiger partial charge in [-0.1, -0.05) is 0 Å². The zero-order valence-electron chi connectivity index (χ0n) is 15.5. The van der Waals surface area contributed by atoms with E-state index in [-0.39, 0.29) is 18.0 Å². The Bertz CT molecular complexity index is 998. The van der Waals surface area contributed by atoms with E-state index in [4.69, 9.17) is 9.15 Å². The number of hydrogen-bond acceptors (Lipinski definition) is 6. The van der Waals surface area contributed by atoms with Crippen molar-refractivity contribution in [3.8, 4) is 6.07 Å². The summed E-state index contributed by atoms with van der Waals surface area (Å²) in [6.07, 6.45) is 5.41. The predicted octanol–water partition coefficient (Wildman–Crippen LogP) is 3.91. The Kier molecular flexibility index (Phi) is 4.47. The van der Waals surface area contributed by atoms with Crippen molar-refractivity contribution in [2.75, 3.05) is 5.32 Å². The number of nitrogens with one attached hydrogen (secondary N) is 1. The number of ether oxygens (including phenoxy) is 1. The van der Waals surface area contributed by atoms with E-state index in [1.807, 2.05) is 13.8 Å². The molecule has 2 aliphatic heterocycles. The van der Waals surface area contributed by atoms with E-state index < -0.39 is 5.60 Å². The molecule has 28 heavy (non-hydrogen) atoms. The van der Waals surface area contributed by atoms with E-state index in [9.17, 15) is 14.9 Å². The van der Waals surface area contributed by atoms with Crippen LogP contribution in [0.3, 0.4) is 0 Å². The molecule has 4 rings (SSSR count). The van der Waals surface area contributed by atoms with Crippen molar-refractivity contribution >= 4 is 34.4 Å². The average molecular weight is 397 g/mol. The maximum Gasteiger partial charge on any atom is 0.410 e. The van der Waals surface area contributed by atoms with Crippen molar-refractivity contribution in [3.05, 3.63) is 46.2 Å². The lowest BCUT2D eigenvalue weighted by Crippen LogP contribution is -2.54. The number of furan rings is 1. The lowest BCUT2D eigenvalue weighted by molar-refractivity contribution is -0.111. The molecule has 1 saturated heterocycles. The predicted molar refractivity (Wildman–Crippen MR) is 104 cm³/mol. The lowest BCUT2D eigenvalue weighted by Gasteiger charge is -2.44. The van der Waals surface area contributed by atoms with Crippen LogP contribution in [0, 0.1) is 11.3 Å². The summed E-state index contributed by atoms with van der Waals surface area (Å²) < 4.78 is 10.7. The van der Waals surface area contributed by atoms with Gasteiger partial charge in [0.05, 0.1) is 18.4 Å². The third-order valence-corrected chi connectivity index (χ3v) is 6.03. The summed E-state index contributed by atoms with van der Waals surface area (Å²) in [6, 6.07) is 5.69. The molecule has 0 aliphatic carbocycles. The van der Waals surface area contributed by atoms with Gasteiger partial charge in [0.1, 0.15) is 22.4 Å². The first-order chi connectivity index (χ1) is 13.4. The summed E-state index contributed by atoms with van der Waals surface area (Å²) in [6.45, 7) is 4.19. The summed E-state index contributed by atoms with van der Waals surface area (Å²) in [7, 11) is 0. The van der Waals surface area contributed by atoms with Crippen LogP contribution in [0.1, 0.15) is 42.0 Å². The second-order valence-corrected chi connectivity index (χ2v) is 8.58. The smallest absolute Gasteiger partial charge is 0.410 e. The summed E-state index contributed by atoms with van der Waals surface area (Å²) in [5, 5.41) is 13.0. The van der Waals surface area contributed by atoms with E-state index in [1.54, 1.807) is 23.1 Å². The van der Waals surface area contributed by atoms with Crippen LogP contribution in [0.25, 0.3) is 6.08 Å². The highest BCUT2D eigenvalue weighted by Gasteiger charge is 2.43. The van der Waals surface area contributed by atoms with Gasteiger partial charge in [-0.25, -0.2) is 4.79 Å². The molecular formula is C20H19N3O4S. The Morgan fingerprint density at radius 1 is 1.50 bits per heavy atom. The molecule has 0 radical (unpaired) electrons. The van der Waals surface area contributed by atoms with Crippen LogP contribution in [0.15, 0.2) is 28.9 Å². The van der Waals surface area contributed by atoms with E-state index in [2.05, 4.69) is 11.4 Å². The van der Waals surface area contributed by atoms with Gasteiger partial charge in [0.2, 0.25) is 5.91 Å². The number of rotatable bonds is 3. The fraction of sp³-hybridized carbons (Fsp3) is 0.350. The number of thiophene rings is 1. The number of nitrogens with zero attached hydrogens (tertiary/aromatic N) is 2. The van der Waals surface area contributed by atoms with Gasteiger partial charge in [0.25, 0.3) is 0 Å². The molecule has 1 unspecified atom stereocenters. The first-order valence-electron chi connectivity index (χ1n) is 8.93. The van der Waals surface area contributed by atoms with Crippen LogP contribution in [0.5, 0.6) is 0 Å². The van der Waals surface area contributed by atoms with Crippen LogP contribution in [0.4, 0.5) is 9.80 Å². The Morgan fingerprint density at radius 2 is 2.32 bits per heavy atom. The lowest BCUT2D eigenvalue weighted by atomic mass is 9.88. The molecule has 0 spiro atoms. The van der Waals surface area contributed by atoms with Gasteiger partial charge in [-0.15, -0.1) is 11.3 Å². The number of nitriles is 1. The minimum atomic E-state index is -0.522. The number of hydrogen-bond donors (Lipinski definition) is 1. The zero-order chi connectivity index (χ0) is 19.9. The second-order valence-electron chi connectivity index (χ2n) is 7.48. The number of cyclic esters (lactones) is 1. The van der Waals surface area contributed by atoms with Gasteiger partial charge < -0.3 is 14.5 Å². The second kappa shape index (κ2) is 6.84. The fourth-order valence-corrected chi connectivity index (χ4v) is 4.87. The number of anilines is 1. The number of fused-ring (bicyclic) bond motifs is 2. The molecule has 144 valence electrons. The van der Waals surface area contributed by atoms with Crippen molar-refractivity contribution < 1.29 is 18.7 Å². The molecule has 2 amide bonds. The summed E-state index contributed by atoms with van der Waals surface area (Å²) in [5.74, 6) is 0.226. The Morgan fingerprint density at radius 3 is 3.04 bits per heavy atom. The van der Waals surface area contributed by atoms with Crippen LogP contribution in [-0.2, 0) is 22.5 Å². The number of carbonyl (C=O) groups is 2. The topological polar surface area (TPSA) is 95.6 Å². The number of carbonyl (C=O) groups excluding carboxylic acids is 2. The number of amides is 2. The van der Waals surface area contributed by atoms with Crippen molar-refractivity contribution in [3.63, 3.8) is 0 Å². The van der Waals surface area contributed by atoms with Crippen molar-refractivity contribution in [1.29, 1.82) is 5.26 Å². The molecule has 7 nitrogen and oxygen atoms in total.